The molecule has 0 bridgehead atoms. The van der Waals surface area contributed by atoms with E-state index in [1.807, 2.05) is 47.4 Å². The molecule has 13 heteroatoms. The van der Waals surface area contributed by atoms with Crippen LogP contribution in [0.5, 0.6) is 5.75 Å². The summed E-state index contributed by atoms with van der Waals surface area (Å²) in [6.07, 6.45) is 1.32. The Hall–Kier alpha value is -5.17. The van der Waals surface area contributed by atoms with Gasteiger partial charge in [0.2, 0.25) is 5.91 Å². The molecule has 0 spiro atoms. The number of carbonyl (C=O) groups excluding carboxylic acids is 2. The van der Waals surface area contributed by atoms with Crippen molar-refractivity contribution >= 4 is 17.9 Å². The lowest BCUT2D eigenvalue weighted by Gasteiger charge is -2.32. The standard InChI is InChI=1S/C33H42N6O7/c1-5-6-14-31(40)37(24(4)23(2)3)20-25-15-17-27(18-16-25)29-12-7-8-13-30(29)32(34)36-38(35)22-44-33(41)46-28-11-9-10-26(19-28)21-45-39(42)43/h7-13,15-19,23-24H,5-6,14,20-22,35H2,1-4H3,(H2,34,36). The highest BCUT2D eigenvalue weighted by Gasteiger charge is 2.22. The Morgan fingerprint density at radius 1 is 1.00 bits per heavy atom. The fraction of sp³-hybridized carbons (Fsp3) is 0.364. The van der Waals surface area contributed by atoms with E-state index in [2.05, 4.69) is 37.6 Å². The number of amidine groups is 1. The summed E-state index contributed by atoms with van der Waals surface area (Å²) in [5.41, 5.74) is 10.1. The first kappa shape index (κ1) is 35.3. The van der Waals surface area contributed by atoms with E-state index in [4.69, 9.17) is 21.1 Å². The van der Waals surface area contributed by atoms with Crippen LogP contribution in [0, 0.1) is 16.0 Å². The van der Waals surface area contributed by atoms with Crippen molar-refractivity contribution in [3.8, 4) is 16.9 Å². The lowest BCUT2D eigenvalue weighted by atomic mass is 9.97. The molecule has 1 amide bonds. The van der Waals surface area contributed by atoms with Gasteiger partial charge in [-0.3, -0.25) is 4.79 Å². The molecule has 0 fully saturated rings. The van der Waals surface area contributed by atoms with Crippen molar-refractivity contribution in [3.05, 3.63) is 99.6 Å². The van der Waals surface area contributed by atoms with E-state index in [0.717, 1.165) is 34.6 Å². The van der Waals surface area contributed by atoms with Crippen LogP contribution < -0.4 is 16.3 Å². The second kappa shape index (κ2) is 17.4. The monoisotopic (exact) mass is 634 g/mol. The third-order valence-corrected chi connectivity index (χ3v) is 7.33. The van der Waals surface area contributed by atoms with Crippen molar-refractivity contribution < 1.29 is 29.0 Å². The van der Waals surface area contributed by atoms with Gasteiger partial charge in [0, 0.05) is 24.6 Å². The smallest absolute Gasteiger partial charge is 0.410 e. The van der Waals surface area contributed by atoms with Gasteiger partial charge >= 0.3 is 6.16 Å². The van der Waals surface area contributed by atoms with Crippen molar-refractivity contribution in [2.75, 3.05) is 6.73 Å². The summed E-state index contributed by atoms with van der Waals surface area (Å²) in [5.74, 6) is 6.62. The Morgan fingerprint density at radius 3 is 2.39 bits per heavy atom. The van der Waals surface area contributed by atoms with Gasteiger partial charge in [-0.15, -0.1) is 15.2 Å². The van der Waals surface area contributed by atoms with Gasteiger partial charge < -0.3 is 24.9 Å². The Balaban J connectivity index is 1.65. The minimum Gasteiger partial charge on any atom is -0.410 e. The number of hydrogen-bond acceptors (Lipinski definition) is 10. The van der Waals surface area contributed by atoms with Gasteiger partial charge in [-0.25, -0.2) is 10.6 Å². The predicted octanol–water partition coefficient (Wildman–Crippen LogP) is 5.59. The molecule has 0 aliphatic heterocycles. The lowest BCUT2D eigenvalue weighted by Crippen LogP contribution is -2.40. The average molecular weight is 635 g/mol. The van der Waals surface area contributed by atoms with E-state index in [9.17, 15) is 19.7 Å². The molecule has 0 saturated heterocycles. The zero-order valence-corrected chi connectivity index (χ0v) is 26.6. The van der Waals surface area contributed by atoms with Crippen molar-refractivity contribution in [2.24, 2.45) is 22.6 Å². The van der Waals surface area contributed by atoms with Crippen LogP contribution in [0.4, 0.5) is 4.79 Å². The van der Waals surface area contributed by atoms with Crippen molar-refractivity contribution in [2.45, 2.75) is 66.2 Å². The number of unbranched alkanes of at least 4 members (excludes halogenated alkanes) is 1. The molecule has 4 N–H and O–H groups in total. The van der Waals surface area contributed by atoms with Gasteiger partial charge in [-0.1, -0.05) is 87.9 Å². The fourth-order valence-corrected chi connectivity index (χ4v) is 4.53. The molecule has 1 atom stereocenters. The summed E-state index contributed by atoms with van der Waals surface area (Å²) in [4.78, 5) is 41.8. The quantitative estimate of drug-likeness (QED) is 0.0295. The largest absolute Gasteiger partial charge is 0.515 e. The number of ether oxygens (including phenoxy) is 2. The van der Waals surface area contributed by atoms with Crippen LogP contribution in [0.1, 0.15) is 63.6 Å². The molecule has 246 valence electrons. The molecule has 3 aromatic rings. The van der Waals surface area contributed by atoms with Gasteiger partial charge in [0.1, 0.15) is 12.4 Å². The SMILES string of the molecule is CCCCC(=O)N(Cc1ccc(-c2ccccc2/C(N)=N/N(N)COC(=O)Oc2cccc(CO[N+](=O)[O-])c2)cc1)C(C)C(C)C. The summed E-state index contributed by atoms with van der Waals surface area (Å²) in [7, 11) is 0. The minimum absolute atomic E-state index is 0.0936. The maximum Gasteiger partial charge on any atom is 0.515 e. The van der Waals surface area contributed by atoms with Gasteiger partial charge in [-0.2, -0.15) is 5.12 Å². The number of nitrogens with two attached hydrogens (primary N) is 2. The molecule has 0 saturated carbocycles. The molecule has 13 nitrogen and oxygen atoms in total. The van der Waals surface area contributed by atoms with E-state index in [-0.39, 0.29) is 30.1 Å². The van der Waals surface area contributed by atoms with Crippen LogP contribution in [0.2, 0.25) is 0 Å². The van der Waals surface area contributed by atoms with Gasteiger partial charge in [0.05, 0.1) is 0 Å². The van der Waals surface area contributed by atoms with E-state index < -0.39 is 18.0 Å². The number of amides is 1. The van der Waals surface area contributed by atoms with Crippen LogP contribution in [0.3, 0.4) is 0 Å². The van der Waals surface area contributed by atoms with E-state index >= 15 is 0 Å². The van der Waals surface area contributed by atoms with Gasteiger partial charge in [-0.05, 0) is 53.6 Å². The third-order valence-electron chi connectivity index (χ3n) is 7.33. The molecule has 0 aromatic heterocycles. The van der Waals surface area contributed by atoms with Crippen LogP contribution in [0.15, 0.2) is 77.9 Å². The second-order valence-electron chi connectivity index (χ2n) is 11.0. The summed E-state index contributed by atoms with van der Waals surface area (Å²) in [6, 6.07) is 21.5. The van der Waals surface area contributed by atoms with Gasteiger partial charge in [0.25, 0.3) is 5.09 Å². The number of rotatable bonds is 16. The Bertz CT molecular complexity index is 1500. The highest BCUT2D eigenvalue weighted by molar-refractivity contribution is 6.03. The molecule has 3 aromatic carbocycles. The first-order valence-electron chi connectivity index (χ1n) is 15.0. The number of hydrogen-bond donors (Lipinski definition) is 2. The topological polar surface area (TPSA) is 176 Å². The lowest BCUT2D eigenvalue weighted by molar-refractivity contribution is -0.763. The van der Waals surface area contributed by atoms with Crippen LogP contribution >= 0.6 is 0 Å². The second-order valence-corrected chi connectivity index (χ2v) is 11.0. The van der Waals surface area contributed by atoms with Gasteiger partial charge in [0.15, 0.2) is 12.6 Å². The molecule has 46 heavy (non-hydrogen) atoms. The maximum absolute atomic E-state index is 13.0. The zero-order chi connectivity index (χ0) is 33.6. The van der Waals surface area contributed by atoms with E-state index in [1.54, 1.807) is 18.2 Å². The van der Waals surface area contributed by atoms with Crippen molar-refractivity contribution in [3.63, 3.8) is 0 Å². The summed E-state index contributed by atoms with van der Waals surface area (Å²) in [5, 5.41) is 14.5. The first-order valence-corrected chi connectivity index (χ1v) is 15.0. The van der Waals surface area contributed by atoms with E-state index in [0.29, 0.717) is 30.0 Å². The van der Waals surface area contributed by atoms with E-state index in [1.165, 1.54) is 12.1 Å². The number of nitrogens with zero attached hydrogens (tertiary/aromatic N) is 4. The predicted molar refractivity (Wildman–Crippen MR) is 173 cm³/mol. The summed E-state index contributed by atoms with van der Waals surface area (Å²) < 4.78 is 10.1. The highest BCUT2D eigenvalue weighted by atomic mass is 16.9. The fourth-order valence-electron chi connectivity index (χ4n) is 4.53. The maximum atomic E-state index is 13.0. The Kier molecular flexibility index (Phi) is 13.3. The average Bonchev–Trinajstić information content (AvgIpc) is 3.04. The normalized spacial score (nSPS) is 11.9. The molecule has 0 aliphatic rings. The summed E-state index contributed by atoms with van der Waals surface area (Å²) >= 11 is 0. The molecule has 0 aliphatic carbocycles. The molecular formula is C33H42N6O7. The Labute approximate surface area is 268 Å². The van der Waals surface area contributed by atoms with Crippen LogP contribution in [-0.2, 0) is 27.5 Å². The zero-order valence-electron chi connectivity index (χ0n) is 26.6. The molecular weight excluding hydrogens is 592 g/mol. The van der Waals surface area contributed by atoms with Crippen molar-refractivity contribution in [1.29, 1.82) is 0 Å². The minimum atomic E-state index is -1.06. The van der Waals surface area contributed by atoms with Crippen LogP contribution in [0.25, 0.3) is 11.1 Å². The number of hydrazine groups is 1. The van der Waals surface area contributed by atoms with Crippen molar-refractivity contribution in [1.82, 2.24) is 10.0 Å². The summed E-state index contributed by atoms with van der Waals surface area (Å²) in [6.45, 7) is 8.18. The molecule has 1 unspecified atom stereocenters. The first-order chi connectivity index (χ1) is 22.0. The number of benzene rings is 3. The number of hydrazone groups is 1. The highest BCUT2D eigenvalue weighted by Crippen LogP contribution is 2.25. The van der Waals surface area contributed by atoms with Crippen LogP contribution in [-0.4, -0.2) is 45.8 Å². The molecule has 0 radical (unpaired) electrons. The molecule has 0 heterocycles. The number of carbonyl (C=O) groups is 2. The molecule has 3 rings (SSSR count). The third kappa shape index (κ3) is 10.8. The Morgan fingerprint density at radius 2 is 1.72 bits per heavy atom.